The van der Waals surface area contributed by atoms with Crippen molar-refractivity contribution in [2.45, 2.75) is 24.2 Å². The number of aromatic nitrogens is 2. The molecule has 1 aliphatic rings. The molecule has 1 saturated heterocycles. The molecule has 0 bridgehead atoms. The Kier molecular flexibility index (Phi) is 3.44. The predicted molar refractivity (Wildman–Crippen MR) is 65.6 cm³/mol. The first kappa shape index (κ1) is 12.4. The van der Waals surface area contributed by atoms with Crippen LogP contribution in [0.4, 0.5) is 0 Å². The van der Waals surface area contributed by atoms with Gasteiger partial charge >= 0.3 is 0 Å². The first-order valence-electron chi connectivity index (χ1n) is 5.38. The highest BCUT2D eigenvalue weighted by atomic mass is 32.2. The van der Waals surface area contributed by atoms with Gasteiger partial charge in [0, 0.05) is 11.0 Å². The monoisotopic (exact) mass is 256 g/mol. The van der Waals surface area contributed by atoms with Gasteiger partial charge in [-0.3, -0.25) is 0 Å². The topological polar surface area (TPSA) is 64.5 Å². The summed E-state index contributed by atoms with van der Waals surface area (Å²) in [5.74, 6) is 1.33. The maximum absolute atomic E-state index is 10.6. The number of thioether (sulfide) groups is 1. The largest absolute Gasteiger partial charge is 0.480 e. The molecule has 0 saturated carbocycles. The van der Waals surface area contributed by atoms with Gasteiger partial charge in [-0.25, -0.2) is 4.98 Å². The van der Waals surface area contributed by atoms with Gasteiger partial charge in [-0.05, 0) is 6.42 Å². The highest BCUT2D eigenvalue weighted by molar-refractivity contribution is 8.00. The van der Waals surface area contributed by atoms with Gasteiger partial charge in [-0.2, -0.15) is 16.7 Å². The molecule has 0 amide bonds. The summed E-state index contributed by atoms with van der Waals surface area (Å²) in [6.07, 6.45) is 2.17. The SMILES string of the molecule is COc1cnc(C2(O)CSC(C)C2)c(OC)n1. The summed E-state index contributed by atoms with van der Waals surface area (Å²) in [6.45, 7) is 2.09. The van der Waals surface area contributed by atoms with Gasteiger partial charge in [0.15, 0.2) is 0 Å². The lowest BCUT2D eigenvalue weighted by atomic mass is 9.96. The first-order chi connectivity index (χ1) is 8.09. The fourth-order valence-corrected chi connectivity index (χ4v) is 3.16. The van der Waals surface area contributed by atoms with Gasteiger partial charge in [-0.15, -0.1) is 0 Å². The predicted octanol–water partition coefficient (Wildman–Crippen LogP) is 1.21. The maximum Gasteiger partial charge on any atom is 0.241 e. The third-order valence-electron chi connectivity index (χ3n) is 2.79. The molecule has 1 N–H and O–H groups in total. The minimum Gasteiger partial charge on any atom is -0.480 e. The van der Waals surface area contributed by atoms with E-state index in [4.69, 9.17) is 9.47 Å². The van der Waals surface area contributed by atoms with Crippen LogP contribution in [-0.2, 0) is 5.60 Å². The van der Waals surface area contributed by atoms with E-state index in [0.29, 0.717) is 34.9 Å². The second-order valence-electron chi connectivity index (χ2n) is 4.13. The Bertz CT molecular complexity index is 416. The molecular formula is C11H16N2O3S. The van der Waals surface area contributed by atoms with Crippen LogP contribution in [0.25, 0.3) is 0 Å². The van der Waals surface area contributed by atoms with Crippen molar-refractivity contribution >= 4 is 11.8 Å². The molecule has 2 unspecified atom stereocenters. The number of ether oxygens (including phenoxy) is 2. The summed E-state index contributed by atoms with van der Waals surface area (Å²) in [5.41, 5.74) is -0.452. The Labute approximate surface area is 105 Å². The quantitative estimate of drug-likeness (QED) is 0.877. The van der Waals surface area contributed by atoms with Gasteiger partial charge in [0.25, 0.3) is 0 Å². The number of hydrogen-bond donors (Lipinski definition) is 1. The van der Waals surface area contributed by atoms with Gasteiger partial charge < -0.3 is 14.6 Å². The summed E-state index contributed by atoms with van der Waals surface area (Å²) in [4.78, 5) is 8.38. The molecule has 1 aromatic heterocycles. The van der Waals surface area contributed by atoms with Crippen molar-refractivity contribution in [3.8, 4) is 11.8 Å². The molecule has 6 heteroatoms. The van der Waals surface area contributed by atoms with Gasteiger partial charge in [-0.1, -0.05) is 6.92 Å². The molecule has 2 atom stereocenters. The zero-order valence-electron chi connectivity index (χ0n) is 10.1. The van der Waals surface area contributed by atoms with Gasteiger partial charge in [0.05, 0.1) is 20.4 Å². The molecule has 0 radical (unpaired) electrons. The number of methoxy groups -OCH3 is 2. The van der Waals surface area contributed by atoms with Gasteiger partial charge in [0.2, 0.25) is 11.8 Å². The second kappa shape index (κ2) is 4.70. The molecule has 1 aromatic rings. The van der Waals surface area contributed by atoms with Gasteiger partial charge in [0.1, 0.15) is 11.3 Å². The number of aliphatic hydroxyl groups is 1. The highest BCUT2D eigenvalue weighted by Gasteiger charge is 2.41. The lowest BCUT2D eigenvalue weighted by Gasteiger charge is -2.22. The molecular weight excluding hydrogens is 240 g/mol. The zero-order valence-corrected chi connectivity index (χ0v) is 11.0. The summed E-state index contributed by atoms with van der Waals surface area (Å²) < 4.78 is 10.2. The average Bonchev–Trinajstić information content (AvgIpc) is 2.69. The Morgan fingerprint density at radius 1 is 1.47 bits per heavy atom. The van der Waals surface area contributed by atoms with Crippen LogP contribution in [0.2, 0.25) is 0 Å². The standard InChI is InChI=1S/C11H16N2O3S/c1-7-4-11(14,6-17-7)9-10(16-3)13-8(15-2)5-12-9/h5,7,14H,4,6H2,1-3H3. The summed E-state index contributed by atoms with van der Waals surface area (Å²) in [5, 5.41) is 11.0. The Morgan fingerprint density at radius 2 is 2.24 bits per heavy atom. The molecule has 0 aliphatic carbocycles. The Hall–Kier alpha value is -1.01. The molecule has 5 nitrogen and oxygen atoms in total. The van der Waals surface area contributed by atoms with Crippen LogP contribution in [0.1, 0.15) is 19.0 Å². The van der Waals surface area contributed by atoms with Crippen molar-refractivity contribution in [2.75, 3.05) is 20.0 Å². The maximum atomic E-state index is 10.6. The number of hydrogen-bond acceptors (Lipinski definition) is 6. The highest BCUT2D eigenvalue weighted by Crippen LogP contribution is 2.43. The van der Waals surface area contributed by atoms with E-state index in [1.807, 2.05) is 0 Å². The third-order valence-corrected chi connectivity index (χ3v) is 4.17. The van der Waals surface area contributed by atoms with E-state index in [1.54, 1.807) is 11.8 Å². The molecule has 94 valence electrons. The fraction of sp³-hybridized carbons (Fsp3) is 0.636. The van der Waals surface area contributed by atoms with E-state index >= 15 is 0 Å². The molecule has 1 aliphatic heterocycles. The van der Waals surface area contributed by atoms with E-state index in [0.717, 1.165) is 0 Å². The van der Waals surface area contributed by atoms with Crippen molar-refractivity contribution < 1.29 is 14.6 Å². The normalized spacial score (nSPS) is 28.1. The Balaban J connectivity index is 2.38. The molecule has 2 heterocycles. The van der Waals surface area contributed by atoms with E-state index in [-0.39, 0.29) is 0 Å². The molecule has 0 spiro atoms. The van der Waals surface area contributed by atoms with E-state index in [1.165, 1.54) is 20.4 Å². The van der Waals surface area contributed by atoms with Crippen molar-refractivity contribution in [2.24, 2.45) is 0 Å². The van der Waals surface area contributed by atoms with E-state index in [2.05, 4.69) is 16.9 Å². The zero-order chi connectivity index (χ0) is 12.5. The van der Waals surface area contributed by atoms with Crippen molar-refractivity contribution in [3.05, 3.63) is 11.9 Å². The van der Waals surface area contributed by atoms with Crippen LogP contribution in [0, 0.1) is 0 Å². The molecule has 1 fully saturated rings. The average molecular weight is 256 g/mol. The van der Waals surface area contributed by atoms with Crippen molar-refractivity contribution in [1.82, 2.24) is 9.97 Å². The van der Waals surface area contributed by atoms with E-state index in [9.17, 15) is 5.11 Å². The summed E-state index contributed by atoms with van der Waals surface area (Å²) in [7, 11) is 3.03. The molecule has 2 rings (SSSR count). The van der Waals surface area contributed by atoms with Crippen LogP contribution >= 0.6 is 11.8 Å². The number of rotatable bonds is 3. The third kappa shape index (κ3) is 2.32. The van der Waals surface area contributed by atoms with Crippen molar-refractivity contribution in [1.29, 1.82) is 0 Å². The van der Waals surface area contributed by atoms with Crippen LogP contribution < -0.4 is 9.47 Å². The molecule has 0 aromatic carbocycles. The first-order valence-corrected chi connectivity index (χ1v) is 6.43. The van der Waals surface area contributed by atoms with Crippen LogP contribution in [0.3, 0.4) is 0 Å². The minimum atomic E-state index is -0.950. The van der Waals surface area contributed by atoms with Crippen molar-refractivity contribution in [3.63, 3.8) is 0 Å². The summed E-state index contributed by atoms with van der Waals surface area (Å²) in [6, 6.07) is 0. The second-order valence-corrected chi connectivity index (χ2v) is 5.55. The fourth-order valence-electron chi connectivity index (χ4n) is 1.96. The van der Waals surface area contributed by atoms with Crippen LogP contribution in [0.15, 0.2) is 6.20 Å². The van der Waals surface area contributed by atoms with Crippen LogP contribution in [-0.4, -0.2) is 40.3 Å². The molecule has 17 heavy (non-hydrogen) atoms. The smallest absolute Gasteiger partial charge is 0.241 e. The Morgan fingerprint density at radius 3 is 2.76 bits per heavy atom. The van der Waals surface area contributed by atoms with E-state index < -0.39 is 5.60 Å². The number of nitrogens with zero attached hydrogens (tertiary/aromatic N) is 2. The summed E-state index contributed by atoms with van der Waals surface area (Å²) >= 11 is 1.72. The lowest BCUT2D eigenvalue weighted by molar-refractivity contribution is 0.0527. The minimum absolute atomic E-state index is 0.335. The van der Waals surface area contributed by atoms with Crippen LogP contribution in [0.5, 0.6) is 11.8 Å². The lowest BCUT2D eigenvalue weighted by Crippen LogP contribution is -2.28.